The molecular weight excluding hydrogens is 348 g/mol. The molecule has 25 heavy (non-hydrogen) atoms. The van der Waals surface area contributed by atoms with Crippen molar-refractivity contribution in [1.29, 1.82) is 0 Å². The Morgan fingerprint density at radius 1 is 1.20 bits per heavy atom. The van der Waals surface area contributed by atoms with Gasteiger partial charge in [-0.1, -0.05) is 12.2 Å². The molecule has 0 unspecified atom stereocenters. The highest BCUT2D eigenvalue weighted by Crippen LogP contribution is 2.18. The number of thiazole rings is 1. The second-order valence-electron chi connectivity index (χ2n) is 4.91. The predicted octanol–water partition coefficient (Wildman–Crippen LogP) is 3.49. The zero-order valence-electron chi connectivity index (χ0n) is 13.2. The first kappa shape index (κ1) is 18.5. The SMILES string of the molecule is C=CCN(CC=C)C(=O)c1csc(NC(=O)c2ccc(F)c(F)c2)n1. The van der Waals surface area contributed by atoms with E-state index < -0.39 is 17.5 Å². The molecule has 0 atom stereocenters. The lowest BCUT2D eigenvalue weighted by Crippen LogP contribution is -2.31. The number of halogens is 2. The third-order valence-electron chi connectivity index (χ3n) is 3.11. The smallest absolute Gasteiger partial charge is 0.273 e. The number of nitrogens with zero attached hydrogens (tertiary/aromatic N) is 2. The van der Waals surface area contributed by atoms with Crippen LogP contribution in [0.15, 0.2) is 48.9 Å². The van der Waals surface area contributed by atoms with Gasteiger partial charge in [0.1, 0.15) is 5.69 Å². The number of carbonyl (C=O) groups excluding carboxylic acids is 2. The summed E-state index contributed by atoms with van der Waals surface area (Å²) in [7, 11) is 0. The molecule has 0 aliphatic heterocycles. The molecule has 0 spiro atoms. The van der Waals surface area contributed by atoms with Crippen molar-refractivity contribution in [3.63, 3.8) is 0 Å². The van der Waals surface area contributed by atoms with Gasteiger partial charge >= 0.3 is 0 Å². The van der Waals surface area contributed by atoms with E-state index in [9.17, 15) is 18.4 Å². The van der Waals surface area contributed by atoms with Crippen molar-refractivity contribution in [3.8, 4) is 0 Å². The van der Waals surface area contributed by atoms with Crippen molar-refractivity contribution in [3.05, 3.63) is 71.8 Å². The number of anilines is 1. The lowest BCUT2D eigenvalue weighted by Gasteiger charge is -2.17. The fourth-order valence-corrected chi connectivity index (χ4v) is 2.63. The number of carbonyl (C=O) groups is 2. The highest BCUT2D eigenvalue weighted by atomic mass is 32.1. The van der Waals surface area contributed by atoms with Crippen molar-refractivity contribution in [2.75, 3.05) is 18.4 Å². The summed E-state index contributed by atoms with van der Waals surface area (Å²) in [6.45, 7) is 7.84. The van der Waals surface area contributed by atoms with Gasteiger partial charge in [0.05, 0.1) is 0 Å². The second-order valence-corrected chi connectivity index (χ2v) is 5.77. The summed E-state index contributed by atoms with van der Waals surface area (Å²) in [4.78, 5) is 29.9. The lowest BCUT2D eigenvalue weighted by molar-refractivity contribution is 0.0785. The van der Waals surface area contributed by atoms with Crippen molar-refractivity contribution in [2.24, 2.45) is 0 Å². The minimum Gasteiger partial charge on any atom is -0.330 e. The minimum atomic E-state index is -1.12. The standard InChI is InChI=1S/C17H15F2N3O2S/c1-3-7-22(8-4-2)16(24)14-10-25-17(20-14)21-15(23)11-5-6-12(18)13(19)9-11/h3-6,9-10H,1-2,7-8H2,(H,20,21,23). The Morgan fingerprint density at radius 3 is 2.48 bits per heavy atom. The second kappa shape index (κ2) is 8.29. The van der Waals surface area contributed by atoms with Crippen LogP contribution in [0.3, 0.4) is 0 Å². The van der Waals surface area contributed by atoms with Crippen molar-refractivity contribution < 1.29 is 18.4 Å². The topological polar surface area (TPSA) is 62.3 Å². The maximum Gasteiger partial charge on any atom is 0.273 e. The predicted molar refractivity (Wildman–Crippen MR) is 92.7 cm³/mol. The lowest BCUT2D eigenvalue weighted by atomic mass is 10.2. The Morgan fingerprint density at radius 2 is 1.88 bits per heavy atom. The molecule has 0 aliphatic rings. The van der Waals surface area contributed by atoms with Crippen LogP contribution in [0.2, 0.25) is 0 Å². The van der Waals surface area contributed by atoms with Crippen LogP contribution in [-0.4, -0.2) is 34.8 Å². The molecule has 8 heteroatoms. The van der Waals surface area contributed by atoms with E-state index in [1.54, 1.807) is 12.2 Å². The number of rotatable bonds is 7. The molecule has 0 saturated heterocycles. The van der Waals surface area contributed by atoms with Gasteiger partial charge in [-0.2, -0.15) is 0 Å². The van der Waals surface area contributed by atoms with Gasteiger partial charge in [0.15, 0.2) is 16.8 Å². The van der Waals surface area contributed by atoms with Gasteiger partial charge in [0, 0.05) is 24.0 Å². The summed E-state index contributed by atoms with van der Waals surface area (Å²) < 4.78 is 26.1. The van der Waals surface area contributed by atoms with E-state index in [2.05, 4.69) is 23.5 Å². The van der Waals surface area contributed by atoms with E-state index in [1.807, 2.05) is 0 Å². The number of hydrogen-bond donors (Lipinski definition) is 1. The molecular formula is C17H15F2N3O2S. The monoisotopic (exact) mass is 363 g/mol. The van der Waals surface area contributed by atoms with Gasteiger partial charge < -0.3 is 4.90 Å². The molecule has 0 bridgehead atoms. The summed E-state index contributed by atoms with van der Waals surface area (Å²) >= 11 is 1.05. The third-order valence-corrected chi connectivity index (χ3v) is 3.87. The molecule has 130 valence electrons. The van der Waals surface area contributed by atoms with E-state index in [0.29, 0.717) is 13.1 Å². The number of aromatic nitrogens is 1. The normalized spacial score (nSPS) is 10.2. The molecule has 0 radical (unpaired) electrons. The fraction of sp³-hybridized carbons (Fsp3) is 0.118. The Bertz CT molecular complexity index is 810. The molecule has 1 aromatic carbocycles. The van der Waals surface area contributed by atoms with E-state index in [0.717, 1.165) is 29.5 Å². The van der Waals surface area contributed by atoms with E-state index in [-0.39, 0.29) is 22.3 Å². The largest absolute Gasteiger partial charge is 0.330 e. The summed E-state index contributed by atoms with van der Waals surface area (Å²) in [5, 5.41) is 4.13. The van der Waals surface area contributed by atoms with Gasteiger partial charge in [0.2, 0.25) is 0 Å². The first-order valence-corrected chi connectivity index (χ1v) is 8.07. The highest BCUT2D eigenvalue weighted by molar-refractivity contribution is 7.14. The number of amides is 2. The zero-order valence-corrected chi connectivity index (χ0v) is 14.0. The molecule has 5 nitrogen and oxygen atoms in total. The average molecular weight is 363 g/mol. The van der Waals surface area contributed by atoms with Crippen LogP contribution in [0.1, 0.15) is 20.8 Å². The van der Waals surface area contributed by atoms with Crippen LogP contribution in [0.4, 0.5) is 13.9 Å². The molecule has 2 rings (SSSR count). The maximum absolute atomic E-state index is 13.2. The van der Waals surface area contributed by atoms with Gasteiger partial charge in [-0.05, 0) is 18.2 Å². The van der Waals surface area contributed by atoms with Crippen LogP contribution >= 0.6 is 11.3 Å². The molecule has 1 N–H and O–H groups in total. The Kier molecular flexibility index (Phi) is 6.13. The van der Waals surface area contributed by atoms with Crippen molar-refractivity contribution in [1.82, 2.24) is 9.88 Å². The van der Waals surface area contributed by atoms with Crippen LogP contribution in [0.25, 0.3) is 0 Å². The van der Waals surface area contributed by atoms with Crippen molar-refractivity contribution in [2.45, 2.75) is 0 Å². The van der Waals surface area contributed by atoms with Crippen LogP contribution < -0.4 is 5.32 Å². The van der Waals surface area contributed by atoms with Gasteiger partial charge in [-0.15, -0.1) is 24.5 Å². The average Bonchev–Trinajstić information content (AvgIpc) is 3.05. The Balaban J connectivity index is 2.11. The molecule has 2 aromatic rings. The van der Waals surface area contributed by atoms with Crippen molar-refractivity contribution >= 4 is 28.3 Å². The highest BCUT2D eigenvalue weighted by Gasteiger charge is 2.18. The molecule has 0 aliphatic carbocycles. The first-order valence-electron chi connectivity index (χ1n) is 7.19. The minimum absolute atomic E-state index is 0.0538. The van der Waals surface area contributed by atoms with Gasteiger partial charge in [-0.3, -0.25) is 14.9 Å². The van der Waals surface area contributed by atoms with E-state index >= 15 is 0 Å². The summed E-state index contributed by atoms with van der Waals surface area (Å²) in [6.07, 6.45) is 3.17. The quantitative estimate of drug-likeness (QED) is 0.766. The molecule has 0 saturated carbocycles. The van der Waals surface area contributed by atoms with Crippen LogP contribution in [0, 0.1) is 11.6 Å². The van der Waals surface area contributed by atoms with Crippen LogP contribution in [0.5, 0.6) is 0 Å². The Labute approximate surface area is 147 Å². The summed E-state index contributed by atoms with van der Waals surface area (Å²) in [6, 6.07) is 2.81. The third kappa shape index (κ3) is 4.57. The zero-order chi connectivity index (χ0) is 18.4. The van der Waals surface area contributed by atoms with Gasteiger partial charge in [0.25, 0.3) is 11.8 Å². The molecule has 1 heterocycles. The molecule has 0 fully saturated rings. The number of benzene rings is 1. The summed E-state index contributed by atoms with van der Waals surface area (Å²) in [5.41, 5.74) is 0.108. The van der Waals surface area contributed by atoms with Crippen LogP contribution in [-0.2, 0) is 0 Å². The first-order chi connectivity index (χ1) is 12.0. The molecule has 2 amide bonds. The summed E-state index contributed by atoms with van der Waals surface area (Å²) in [5.74, 6) is -3.14. The Hall–Kier alpha value is -2.87. The maximum atomic E-state index is 13.2. The molecule has 1 aromatic heterocycles. The van der Waals surface area contributed by atoms with E-state index in [4.69, 9.17) is 0 Å². The number of nitrogens with one attached hydrogen (secondary N) is 1. The van der Waals surface area contributed by atoms with Gasteiger partial charge in [-0.25, -0.2) is 13.8 Å². The number of hydrogen-bond acceptors (Lipinski definition) is 4. The fourth-order valence-electron chi connectivity index (χ4n) is 1.95. The van der Waals surface area contributed by atoms with E-state index in [1.165, 1.54) is 10.3 Å².